The summed E-state index contributed by atoms with van der Waals surface area (Å²) in [7, 11) is 0. The van der Waals surface area contributed by atoms with Crippen molar-refractivity contribution < 1.29 is 23.8 Å². The summed E-state index contributed by atoms with van der Waals surface area (Å²) in [6.45, 7) is 3.45. The van der Waals surface area contributed by atoms with Crippen molar-refractivity contribution in [3.05, 3.63) is 76.3 Å². The van der Waals surface area contributed by atoms with Crippen molar-refractivity contribution in [2.24, 2.45) is 0 Å². The van der Waals surface area contributed by atoms with Gasteiger partial charge in [0.15, 0.2) is 6.10 Å². The molecule has 0 fully saturated rings. The van der Waals surface area contributed by atoms with E-state index >= 15 is 0 Å². The number of carbonyl (C=O) groups excluding carboxylic acids is 2. The molecular formula is C25H23N2O6-. The van der Waals surface area contributed by atoms with E-state index in [4.69, 9.17) is 9.15 Å². The first kappa shape index (κ1) is 22.1. The van der Waals surface area contributed by atoms with Crippen molar-refractivity contribution in [3.8, 4) is 5.75 Å². The third-order valence-corrected chi connectivity index (χ3v) is 5.56. The predicted molar refractivity (Wildman–Crippen MR) is 121 cm³/mol. The first-order valence-electron chi connectivity index (χ1n) is 10.7. The van der Waals surface area contributed by atoms with Crippen LogP contribution >= 0.6 is 0 Å². The van der Waals surface area contributed by atoms with Gasteiger partial charge in [-0.25, -0.2) is 4.79 Å². The molecule has 2 atom stereocenters. The molecular weight excluding hydrogens is 424 g/mol. The second-order valence-corrected chi connectivity index (χ2v) is 7.81. The highest BCUT2D eigenvalue weighted by Gasteiger charge is 2.21. The van der Waals surface area contributed by atoms with Gasteiger partial charge in [-0.05, 0) is 42.7 Å². The average molecular weight is 447 g/mol. The monoisotopic (exact) mass is 447 g/mol. The van der Waals surface area contributed by atoms with E-state index in [1.54, 1.807) is 24.4 Å². The lowest BCUT2D eigenvalue weighted by molar-refractivity contribution is -0.308. The number of hydrogen-bond donors (Lipinski definition) is 2. The molecule has 4 rings (SSSR count). The van der Waals surface area contributed by atoms with Crippen molar-refractivity contribution >= 4 is 33.7 Å². The molecule has 170 valence electrons. The molecule has 0 saturated heterocycles. The summed E-state index contributed by atoms with van der Waals surface area (Å²) in [6.07, 6.45) is 1.46. The summed E-state index contributed by atoms with van der Waals surface area (Å²) in [5.74, 6) is -1.67. The lowest BCUT2D eigenvalue weighted by atomic mass is 10.0. The molecule has 2 aromatic heterocycles. The molecule has 0 aliphatic carbocycles. The second kappa shape index (κ2) is 9.20. The van der Waals surface area contributed by atoms with Crippen molar-refractivity contribution in [3.63, 3.8) is 0 Å². The molecule has 2 aromatic carbocycles. The Morgan fingerprint density at radius 1 is 1.12 bits per heavy atom. The van der Waals surface area contributed by atoms with Gasteiger partial charge in [-0.1, -0.05) is 25.1 Å². The van der Waals surface area contributed by atoms with Crippen LogP contribution in [0.1, 0.15) is 25.0 Å². The van der Waals surface area contributed by atoms with E-state index in [2.05, 4.69) is 10.3 Å². The minimum atomic E-state index is -1.39. The van der Waals surface area contributed by atoms with Crippen LogP contribution in [0, 0.1) is 0 Å². The maximum atomic E-state index is 12.7. The number of para-hydroxylation sites is 1. The number of H-pyrrole nitrogens is 1. The van der Waals surface area contributed by atoms with Crippen molar-refractivity contribution in [2.45, 2.75) is 38.8 Å². The number of ether oxygens (including phenoxy) is 1. The van der Waals surface area contributed by atoms with Crippen molar-refractivity contribution in [2.75, 3.05) is 0 Å². The molecule has 0 spiro atoms. The molecule has 0 aliphatic rings. The topological polar surface area (TPSA) is 124 Å². The van der Waals surface area contributed by atoms with Crippen molar-refractivity contribution in [1.29, 1.82) is 0 Å². The lowest BCUT2D eigenvalue weighted by Crippen LogP contribution is -2.52. The van der Waals surface area contributed by atoms with Crippen LogP contribution in [0.5, 0.6) is 5.75 Å². The summed E-state index contributed by atoms with van der Waals surface area (Å²) in [6, 6.07) is 12.7. The van der Waals surface area contributed by atoms with Gasteiger partial charge >= 0.3 is 5.63 Å². The number of benzene rings is 2. The molecule has 4 aromatic rings. The van der Waals surface area contributed by atoms with Crippen molar-refractivity contribution in [1.82, 2.24) is 10.3 Å². The van der Waals surface area contributed by atoms with Gasteiger partial charge in [0, 0.05) is 41.0 Å². The van der Waals surface area contributed by atoms with Gasteiger partial charge in [-0.3, -0.25) is 4.79 Å². The molecule has 8 nitrogen and oxygen atoms in total. The zero-order valence-corrected chi connectivity index (χ0v) is 18.2. The quantitative estimate of drug-likeness (QED) is 0.399. The maximum absolute atomic E-state index is 12.7. The minimum absolute atomic E-state index is 0.0612. The summed E-state index contributed by atoms with van der Waals surface area (Å²) >= 11 is 0. The largest absolute Gasteiger partial charge is 0.548 e. The molecule has 1 amide bonds. The Bertz CT molecular complexity index is 1390. The van der Waals surface area contributed by atoms with Crippen LogP contribution in [0.3, 0.4) is 0 Å². The molecule has 0 radical (unpaired) electrons. The van der Waals surface area contributed by atoms with E-state index in [9.17, 15) is 19.5 Å². The smallest absolute Gasteiger partial charge is 0.336 e. The zero-order chi connectivity index (χ0) is 23.5. The van der Waals surface area contributed by atoms with Gasteiger partial charge in [-0.2, -0.15) is 0 Å². The Labute approximate surface area is 189 Å². The van der Waals surface area contributed by atoms with Gasteiger partial charge in [0.1, 0.15) is 11.3 Å². The third kappa shape index (κ3) is 4.74. The summed E-state index contributed by atoms with van der Waals surface area (Å²) in [5, 5.41) is 15.9. The molecule has 0 aliphatic heterocycles. The average Bonchev–Trinajstić information content (AvgIpc) is 3.20. The summed E-state index contributed by atoms with van der Waals surface area (Å²) in [5.41, 5.74) is 2.38. The number of aliphatic carboxylic acids is 1. The second-order valence-electron chi connectivity index (χ2n) is 7.81. The van der Waals surface area contributed by atoms with E-state index in [-0.39, 0.29) is 6.42 Å². The molecule has 8 heteroatoms. The normalized spacial score (nSPS) is 13.0. The number of amides is 1. The van der Waals surface area contributed by atoms with Crippen LogP contribution in [0.2, 0.25) is 0 Å². The van der Waals surface area contributed by atoms with Gasteiger partial charge < -0.3 is 29.4 Å². The fourth-order valence-corrected chi connectivity index (χ4v) is 3.84. The highest BCUT2D eigenvalue weighted by atomic mass is 16.5. The highest BCUT2D eigenvalue weighted by molar-refractivity contribution is 5.88. The number of carbonyl (C=O) groups is 2. The number of hydrogen-bond acceptors (Lipinski definition) is 6. The van der Waals surface area contributed by atoms with Gasteiger partial charge in [0.25, 0.3) is 5.91 Å². The fraction of sp³-hybridized carbons (Fsp3) is 0.240. The van der Waals surface area contributed by atoms with Crippen LogP contribution in [0.15, 0.2) is 63.9 Å². The standard InChI is InChI=1S/C25H24N2O6/c1-3-15-11-23(28)33-22-12-17(8-9-19(15)22)32-14(2)24(29)27-21(25(30)31)10-16-13-26-20-7-5-4-6-18(16)20/h4-9,11-14,21,26H,3,10H2,1-2H3,(H,27,29)(H,30,31)/p-1/t14-,21-/m0/s1. The van der Waals surface area contributed by atoms with Crippen LogP contribution in [0.25, 0.3) is 21.9 Å². The number of aromatic nitrogens is 1. The SMILES string of the molecule is CCc1cc(=O)oc2cc(O[C@@H](C)C(=O)N[C@@H](Cc3c[nH]c4ccccc34)C(=O)[O-])ccc12. The van der Waals surface area contributed by atoms with E-state index in [0.717, 1.165) is 27.4 Å². The number of nitrogens with one attached hydrogen (secondary N) is 2. The molecule has 2 heterocycles. The Kier molecular flexibility index (Phi) is 6.17. The highest BCUT2D eigenvalue weighted by Crippen LogP contribution is 2.24. The molecule has 0 unspecified atom stereocenters. The van der Waals surface area contributed by atoms with Gasteiger partial charge in [0.2, 0.25) is 0 Å². The van der Waals surface area contributed by atoms with Crippen LogP contribution in [-0.2, 0) is 22.4 Å². The Hall–Kier alpha value is -4.07. The van der Waals surface area contributed by atoms with E-state index in [1.807, 2.05) is 31.2 Å². The Balaban J connectivity index is 1.47. The Morgan fingerprint density at radius 2 is 1.91 bits per heavy atom. The van der Waals surface area contributed by atoms with Crippen LogP contribution < -0.4 is 20.8 Å². The first-order chi connectivity index (χ1) is 15.9. The fourth-order valence-electron chi connectivity index (χ4n) is 3.84. The van der Waals surface area contributed by atoms with Gasteiger partial charge in [0.05, 0.1) is 12.0 Å². The lowest BCUT2D eigenvalue weighted by Gasteiger charge is -2.22. The van der Waals surface area contributed by atoms with E-state index in [1.165, 1.54) is 13.0 Å². The zero-order valence-electron chi connectivity index (χ0n) is 18.2. The number of aromatic amines is 1. The summed E-state index contributed by atoms with van der Waals surface area (Å²) in [4.78, 5) is 39.2. The number of rotatable bonds is 8. The molecule has 2 N–H and O–H groups in total. The number of carboxylic acids is 1. The molecule has 33 heavy (non-hydrogen) atoms. The predicted octanol–water partition coefficient (Wildman–Crippen LogP) is 2.08. The number of carboxylic acid groups (broad SMARTS) is 1. The number of fused-ring (bicyclic) bond motifs is 2. The summed E-state index contributed by atoms with van der Waals surface area (Å²) < 4.78 is 10.9. The minimum Gasteiger partial charge on any atom is -0.548 e. The van der Waals surface area contributed by atoms with E-state index < -0.39 is 29.6 Å². The third-order valence-electron chi connectivity index (χ3n) is 5.56. The van der Waals surface area contributed by atoms with E-state index in [0.29, 0.717) is 17.8 Å². The maximum Gasteiger partial charge on any atom is 0.336 e. The number of aryl methyl sites for hydroxylation is 1. The van der Waals surface area contributed by atoms with Crippen LogP contribution in [-0.4, -0.2) is 29.0 Å². The molecule has 0 bridgehead atoms. The first-order valence-corrected chi connectivity index (χ1v) is 10.7. The van der Waals surface area contributed by atoms with Gasteiger partial charge in [-0.15, -0.1) is 0 Å². The molecule has 0 saturated carbocycles. The Morgan fingerprint density at radius 3 is 2.67 bits per heavy atom. The van der Waals surface area contributed by atoms with Crippen LogP contribution in [0.4, 0.5) is 0 Å².